The second kappa shape index (κ2) is 5.86. The molecule has 2 heterocycles. The van der Waals surface area contributed by atoms with Crippen LogP contribution in [0.5, 0.6) is 5.88 Å². The number of ether oxygens (including phenoxy) is 2. The van der Waals surface area contributed by atoms with Gasteiger partial charge in [0.25, 0.3) is 0 Å². The van der Waals surface area contributed by atoms with Gasteiger partial charge in [0.1, 0.15) is 12.1 Å². The van der Waals surface area contributed by atoms with Crippen molar-refractivity contribution in [3.8, 4) is 5.88 Å². The van der Waals surface area contributed by atoms with Crippen LogP contribution in [0.3, 0.4) is 0 Å². The average molecular weight is 336 g/mol. The summed E-state index contributed by atoms with van der Waals surface area (Å²) in [4.78, 5) is 15.4. The number of halogens is 2. The van der Waals surface area contributed by atoms with Crippen LogP contribution < -0.4 is 10.1 Å². The highest BCUT2D eigenvalue weighted by Gasteiger charge is 2.31. The van der Waals surface area contributed by atoms with Crippen LogP contribution >= 0.6 is 27.5 Å². The van der Waals surface area contributed by atoms with Crippen molar-refractivity contribution in [2.75, 3.05) is 13.7 Å². The summed E-state index contributed by atoms with van der Waals surface area (Å²) in [5, 5.41) is 3.57. The normalized spacial score (nSPS) is 22.8. The molecule has 2 unspecified atom stereocenters. The highest BCUT2D eigenvalue weighted by atomic mass is 79.9. The van der Waals surface area contributed by atoms with E-state index < -0.39 is 0 Å². The Labute approximate surface area is 118 Å². The van der Waals surface area contributed by atoms with E-state index in [2.05, 4.69) is 31.0 Å². The highest BCUT2D eigenvalue weighted by molar-refractivity contribution is 9.10. The smallest absolute Gasteiger partial charge is 0.323 e. The summed E-state index contributed by atoms with van der Waals surface area (Å²) in [7, 11) is 1.37. The van der Waals surface area contributed by atoms with Gasteiger partial charge in [-0.2, -0.15) is 0 Å². The number of methoxy groups -OCH3 is 1. The first kappa shape index (κ1) is 13.6. The Hall–Kier alpha value is -0.850. The number of pyridine rings is 1. The molecule has 0 aliphatic carbocycles. The number of carbonyl (C=O) groups is 1. The topological polar surface area (TPSA) is 60.5 Å². The van der Waals surface area contributed by atoms with Gasteiger partial charge in [-0.1, -0.05) is 11.6 Å². The molecule has 1 saturated heterocycles. The van der Waals surface area contributed by atoms with Crippen molar-refractivity contribution in [1.82, 2.24) is 10.3 Å². The molecule has 0 spiro atoms. The fraction of sp³-hybridized carbons (Fsp3) is 0.455. The predicted octanol–water partition coefficient (Wildman–Crippen LogP) is 1.78. The van der Waals surface area contributed by atoms with Crippen LogP contribution in [0.25, 0.3) is 0 Å². The van der Waals surface area contributed by atoms with Crippen LogP contribution in [-0.4, -0.2) is 36.8 Å². The van der Waals surface area contributed by atoms with E-state index in [1.165, 1.54) is 13.3 Å². The minimum Gasteiger partial charge on any atom is -0.472 e. The van der Waals surface area contributed by atoms with Gasteiger partial charge in [-0.05, 0) is 22.0 Å². The zero-order valence-corrected chi connectivity index (χ0v) is 12.0. The summed E-state index contributed by atoms with van der Waals surface area (Å²) in [5.41, 5.74) is 0. The molecule has 98 valence electrons. The Kier molecular flexibility index (Phi) is 4.42. The monoisotopic (exact) mass is 334 g/mol. The first-order chi connectivity index (χ1) is 8.60. The number of aromatic nitrogens is 1. The number of esters is 1. The number of hydrogen-bond acceptors (Lipinski definition) is 5. The minimum atomic E-state index is -0.314. The van der Waals surface area contributed by atoms with Crippen LogP contribution in [0.2, 0.25) is 5.02 Å². The first-order valence-electron chi connectivity index (χ1n) is 5.39. The van der Waals surface area contributed by atoms with E-state index in [-0.39, 0.29) is 18.1 Å². The summed E-state index contributed by atoms with van der Waals surface area (Å²) in [6, 6.07) is 1.40. The van der Waals surface area contributed by atoms with Crippen molar-refractivity contribution in [2.45, 2.75) is 18.6 Å². The molecule has 0 saturated carbocycles. The van der Waals surface area contributed by atoms with E-state index >= 15 is 0 Å². The van der Waals surface area contributed by atoms with Gasteiger partial charge >= 0.3 is 5.97 Å². The maximum Gasteiger partial charge on any atom is 0.323 e. The van der Waals surface area contributed by atoms with E-state index in [1.54, 1.807) is 6.07 Å². The fourth-order valence-electron chi connectivity index (χ4n) is 1.76. The van der Waals surface area contributed by atoms with Gasteiger partial charge in [0, 0.05) is 19.2 Å². The first-order valence-corrected chi connectivity index (χ1v) is 6.56. The molecule has 1 aromatic rings. The number of hydrogen-bond donors (Lipinski definition) is 1. The zero-order valence-electron chi connectivity index (χ0n) is 9.65. The molecule has 1 fully saturated rings. The van der Waals surface area contributed by atoms with Crippen molar-refractivity contribution >= 4 is 33.5 Å². The zero-order chi connectivity index (χ0) is 13.1. The lowest BCUT2D eigenvalue weighted by molar-refractivity contribution is -0.142. The molecular weight excluding hydrogens is 323 g/mol. The van der Waals surface area contributed by atoms with Gasteiger partial charge in [0.15, 0.2) is 0 Å². The molecule has 2 atom stereocenters. The molecule has 5 nitrogen and oxygen atoms in total. The molecule has 1 aliphatic rings. The number of rotatable bonds is 3. The summed E-state index contributed by atoms with van der Waals surface area (Å²) < 4.78 is 11.1. The van der Waals surface area contributed by atoms with E-state index in [4.69, 9.17) is 16.3 Å². The minimum absolute atomic E-state index is 0.112. The van der Waals surface area contributed by atoms with Gasteiger partial charge in [-0.3, -0.25) is 4.79 Å². The molecule has 7 heteroatoms. The predicted molar refractivity (Wildman–Crippen MR) is 69.8 cm³/mol. The fourth-order valence-corrected chi connectivity index (χ4v) is 2.49. The van der Waals surface area contributed by atoms with Crippen molar-refractivity contribution in [3.05, 3.63) is 21.8 Å². The van der Waals surface area contributed by atoms with E-state index in [0.29, 0.717) is 28.3 Å². The third kappa shape index (κ3) is 3.13. The van der Waals surface area contributed by atoms with E-state index in [1.807, 2.05) is 0 Å². The number of carbonyl (C=O) groups excluding carboxylic acids is 1. The van der Waals surface area contributed by atoms with Gasteiger partial charge in [-0.25, -0.2) is 4.98 Å². The van der Waals surface area contributed by atoms with Gasteiger partial charge in [-0.15, -0.1) is 0 Å². The Bertz CT molecular complexity index is 458. The SMILES string of the molecule is COC(=O)C1CC(Oc2ncc(Cl)cc2Br)CN1. The third-order valence-electron chi connectivity index (χ3n) is 2.63. The van der Waals surface area contributed by atoms with Gasteiger partial charge < -0.3 is 14.8 Å². The van der Waals surface area contributed by atoms with Crippen LogP contribution in [0.4, 0.5) is 0 Å². The summed E-state index contributed by atoms with van der Waals surface area (Å²) in [6.45, 7) is 0.580. The Morgan fingerprint density at radius 2 is 2.44 bits per heavy atom. The molecular formula is C11H12BrClN2O3. The number of nitrogens with one attached hydrogen (secondary N) is 1. The second-order valence-electron chi connectivity index (χ2n) is 3.90. The molecule has 1 N–H and O–H groups in total. The lowest BCUT2D eigenvalue weighted by Gasteiger charge is -2.13. The van der Waals surface area contributed by atoms with Crippen molar-refractivity contribution in [3.63, 3.8) is 0 Å². The molecule has 0 radical (unpaired) electrons. The lowest BCUT2D eigenvalue weighted by Crippen LogP contribution is -2.31. The Morgan fingerprint density at radius 1 is 1.67 bits per heavy atom. The lowest BCUT2D eigenvalue weighted by atomic mass is 10.2. The third-order valence-corrected chi connectivity index (χ3v) is 3.40. The van der Waals surface area contributed by atoms with Gasteiger partial charge in [0.05, 0.1) is 16.6 Å². The molecule has 0 amide bonds. The van der Waals surface area contributed by atoms with Crippen molar-refractivity contribution in [2.24, 2.45) is 0 Å². The standard InChI is InChI=1S/C11H12BrClN2O3/c1-17-11(16)9-3-7(5-14-9)18-10-8(12)2-6(13)4-15-10/h2,4,7,9,14H,3,5H2,1H3. The Morgan fingerprint density at radius 3 is 3.11 bits per heavy atom. The molecule has 1 aliphatic heterocycles. The molecule has 0 aromatic carbocycles. The average Bonchev–Trinajstić information content (AvgIpc) is 2.80. The number of nitrogens with zero attached hydrogens (tertiary/aromatic N) is 1. The molecule has 0 bridgehead atoms. The molecule has 18 heavy (non-hydrogen) atoms. The van der Waals surface area contributed by atoms with E-state index in [0.717, 1.165) is 0 Å². The van der Waals surface area contributed by atoms with Crippen LogP contribution in [0, 0.1) is 0 Å². The second-order valence-corrected chi connectivity index (χ2v) is 5.19. The maximum atomic E-state index is 11.3. The maximum absolute atomic E-state index is 11.3. The summed E-state index contributed by atoms with van der Waals surface area (Å²) in [5.74, 6) is 0.195. The quantitative estimate of drug-likeness (QED) is 0.853. The van der Waals surface area contributed by atoms with Crippen molar-refractivity contribution in [1.29, 1.82) is 0 Å². The summed E-state index contributed by atoms with van der Waals surface area (Å²) in [6.07, 6.45) is 1.96. The van der Waals surface area contributed by atoms with Crippen molar-refractivity contribution < 1.29 is 14.3 Å². The summed E-state index contributed by atoms with van der Waals surface area (Å²) >= 11 is 9.12. The van der Waals surface area contributed by atoms with Gasteiger partial charge in [0.2, 0.25) is 5.88 Å². The van der Waals surface area contributed by atoms with E-state index in [9.17, 15) is 4.79 Å². The highest BCUT2D eigenvalue weighted by Crippen LogP contribution is 2.27. The Balaban J connectivity index is 1.97. The molecule has 1 aromatic heterocycles. The largest absolute Gasteiger partial charge is 0.472 e. The van der Waals surface area contributed by atoms with Crippen LogP contribution in [0.15, 0.2) is 16.7 Å². The molecule has 2 rings (SSSR count). The van der Waals surface area contributed by atoms with Crippen LogP contribution in [0.1, 0.15) is 6.42 Å². The van der Waals surface area contributed by atoms with Crippen LogP contribution in [-0.2, 0) is 9.53 Å².